The lowest BCUT2D eigenvalue weighted by Crippen LogP contribution is -2.29. The summed E-state index contributed by atoms with van der Waals surface area (Å²) in [7, 11) is 0. The van der Waals surface area contributed by atoms with Crippen LogP contribution in [0, 0.1) is 23.2 Å². The predicted octanol–water partition coefficient (Wildman–Crippen LogP) is 3.50. The maximum absolute atomic E-state index is 13.0. The van der Waals surface area contributed by atoms with E-state index in [0.717, 1.165) is 55.7 Å². The van der Waals surface area contributed by atoms with Crippen LogP contribution in [0.3, 0.4) is 0 Å². The summed E-state index contributed by atoms with van der Waals surface area (Å²) in [5.41, 5.74) is 11.2. The van der Waals surface area contributed by atoms with Gasteiger partial charge in [-0.2, -0.15) is 0 Å². The molecule has 7 heteroatoms. The van der Waals surface area contributed by atoms with E-state index in [1.54, 1.807) is 13.1 Å². The molecule has 7 nitrogen and oxygen atoms in total. The van der Waals surface area contributed by atoms with Gasteiger partial charge in [-0.3, -0.25) is 9.59 Å². The molecule has 1 saturated carbocycles. The highest BCUT2D eigenvalue weighted by Crippen LogP contribution is 2.43. The van der Waals surface area contributed by atoms with Gasteiger partial charge in [-0.1, -0.05) is 20.4 Å². The highest BCUT2D eigenvalue weighted by Gasteiger charge is 2.44. The number of rotatable bonds is 4. The number of nitrogens with two attached hydrogens (primary N) is 1. The van der Waals surface area contributed by atoms with Gasteiger partial charge >= 0.3 is 0 Å². The number of carbonyl (C=O) groups is 2. The Morgan fingerprint density at radius 3 is 2.55 bits per heavy atom. The average molecular weight is 448 g/mol. The molecule has 1 aliphatic carbocycles. The summed E-state index contributed by atoms with van der Waals surface area (Å²) in [4.78, 5) is 31.0. The Morgan fingerprint density at radius 2 is 1.91 bits per heavy atom. The van der Waals surface area contributed by atoms with Crippen molar-refractivity contribution in [3.8, 4) is 11.1 Å². The molecule has 3 atom stereocenters. The van der Waals surface area contributed by atoms with Crippen LogP contribution in [0.15, 0.2) is 31.0 Å². The number of fused-ring (bicyclic) bond motifs is 2. The SMILES string of the molecule is C=C(N)c1cc(-c2ccnc(NC(=O)[C@@H]3C[C@@H]4CN(C(C)=O)C[C@@H]4C3)c2)c2n1CC(C)(C)C2. The third-order valence-electron chi connectivity index (χ3n) is 7.66. The molecule has 174 valence electrons. The third-order valence-corrected chi connectivity index (χ3v) is 7.66. The lowest BCUT2D eigenvalue weighted by atomic mass is 9.89. The van der Waals surface area contributed by atoms with Crippen molar-refractivity contribution in [3.05, 3.63) is 42.4 Å². The number of pyridine rings is 1. The molecule has 33 heavy (non-hydrogen) atoms. The van der Waals surface area contributed by atoms with E-state index in [0.29, 0.717) is 23.4 Å². The van der Waals surface area contributed by atoms with Crippen LogP contribution in [0.5, 0.6) is 0 Å². The Labute approximate surface area is 195 Å². The summed E-state index contributed by atoms with van der Waals surface area (Å²) in [6, 6.07) is 6.04. The van der Waals surface area contributed by atoms with Crippen molar-refractivity contribution < 1.29 is 9.59 Å². The Morgan fingerprint density at radius 1 is 1.21 bits per heavy atom. The second kappa shape index (κ2) is 7.75. The molecule has 4 heterocycles. The quantitative estimate of drug-likeness (QED) is 0.750. The van der Waals surface area contributed by atoms with Crippen LogP contribution in [0.2, 0.25) is 0 Å². The van der Waals surface area contributed by atoms with E-state index in [1.165, 1.54) is 5.69 Å². The van der Waals surface area contributed by atoms with Crippen LogP contribution in [0.4, 0.5) is 5.82 Å². The molecule has 2 amide bonds. The molecule has 3 N–H and O–H groups in total. The summed E-state index contributed by atoms with van der Waals surface area (Å²) in [6.45, 7) is 12.6. The summed E-state index contributed by atoms with van der Waals surface area (Å²) < 4.78 is 2.28. The van der Waals surface area contributed by atoms with E-state index in [9.17, 15) is 9.59 Å². The number of nitrogens with one attached hydrogen (secondary N) is 1. The van der Waals surface area contributed by atoms with E-state index in [-0.39, 0.29) is 23.1 Å². The fraction of sp³-hybridized carbons (Fsp3) is 0.500. The molecule has 2 fully saturated rings. The van der Waals surface area contributed by atoms with Gasteiger partial charge in [0.15, 0.2) is 0 Å². The van der Waals surface area contributed by atoms with Crippen LogP contribution < -0.4 is 11.1 Å². The van der Waals surface area contributed by atoms with Gasteiger partial charge < -0.3 is 20.5 Å². The molecule has 2 aromatic rings. The molecule has 3 aliphatic rings. The highest BCUT2D eigenvalue weighted by molar-refractivity contribution is 5.92. The highest BCUT2D eigenvalue weighted by atomic mass is 16.2. The topological polar surface area (TPSA) is 93.2 Å². The first-order valence-corrected chi connectivity index (χ1v) is 11.8. The van der Waals surface area contributed by atoms with Crippen molar-refractivity contribution in [2.24, 2.45) is 28.9 Å². The van der Waals surface area contributed by atoms with Crippen molar-refractivity contribution >= 4 is 23.3 Å². The number of carbonyl (C=O) groups excluding carboxylic acids is 2. The van der Waals surface area contributed by atoms with E-state index in [2.05, 4.69) is 41.4 Å². The second-order valence-electron chi connectivity index (χ2n) is 10.9. The predicted molar refractivity (Wildman–Crippen MR) is 129 cm³/mol. The smallest absolute Gasteiger partial charge is 0.228 e. The van der Waals surface area contributed by atoms with Crippen molar-refractivity contribution in [1.82, 2.24) is 14.5 Å². The number of amides is 2. The van der Waals surface area contributed by atoms with Crippen LogP contribution in [0.25, 0.3) is 16.8 Å². The maximum atomic E-state index is 13.0. The fourth-order valence-corrected chi connectivity index (χ4v) is 6.08. The Kier molecular flexibility index (Phi) is 5.10. The molecular weight excluding hydrogens is 414 g/mol. The van der Waals surface area contributed by atoms with E-state index in [1.807, 2.05) is 17.0 Å². The molecule has 5 rings (SSSR count). The lowest BCUT2D eigenvalue weighted by molar-refractivity contribution is -0.128. The van der Waals surface area contributed by atoms with Crippen molar-refractivity contribution in [3.63, 3.8) is 0 Å². The van der Waals surface area contributed by atoms with Crippen molar-refractivity contribution in [2.75, 3.05) is 18.4 Å². The van der Waals surface area contributed by atoms with Gasteiger partial charge in [-0.15, -0.1) is 0 Å². The Hall–Kier alpha value is -3.09. The van der Waals surface area contributed by atoms with E-state index >= 15 is 0 Å². The van der Waals surface area contributed by atoms with Gasteiger partial charge in [-0.25, -0.2) is 4.98 Å². The monoisotopic (exact) mass is 447 g/mol. The first kappa shape index (κ1) is 21.7. The van der Waals surface area contributed by atoms with Crippen molar-refractivity contribution in [2.45, 2.75) is 46.6 Å². The molecule has 2 aliphatic heterocycles. The third kappa shape index (κ3) is 3.94. The zero-order chi connectivity index (χ0) is 23.5. The molecular formula is C26H33N5O2. The van der Waals surface area contributed by atoms with Crippen LogP contribution in [-0.4, -0.2) is 39.4 Å². The van der Waals surface area contributed by atoms with Gasteiger partial charge in [0, 0.05) is 55.6 Å². The van der Waals surface area contributed by atoms with Gasteiger partial charge in [0.05, 0.1) is 5.69 Å². The van der Waals surface area contributed by atoms with E-state index < -0.39 is 0 Å². The number of aromatic nitrogens is 2. The minimum Gasteiger partial charge on any atom is -0.398 e. The number of anilines is 1. The Bertz CT molecular complexity index is 1130. The zero-order valence-electron chi connectivity index (χ0n) is 19.7. The van der Waals surface area contributed by atoms with Gasteiger partial charge in [0.2, 0.25) is 11.8 Å². The molecule has 0 unspecified atom stereocenters. The summed E-state index contributed by atoms with van der Waals surface area (Å²) >= 11 is 0. The summed E-state index contributed by atoms with van der Waals surface area (Å²) in [6.07, 6.45) is 4.38. The molecule has 0 spiro atoms. The number of likely N-dealkylation sites (tertiary alicyclic amines) is 1. The second-order valence-corrected chi connectivity index (χ2v) is 10.9. The summed E-state index contributed by atoms with van der Waals surface area (Å²) in [5, 5.41) is 3.05. The van der Waals surface area contributed by atoms with Crippen LogP contribution in [0.1, 0.15) is 45.0 Å². The maximum Gasteiger partial charge on any atom is 0.228 e. The molecule has 0 radical (unpaired) electrons. The van der Waals surface area contributed by atoms with Gasteiger partial charge in [0.25, 0.3) is 0 Å². The Balaban J connectivity index is 1.32. The first-order chi connectivity index (χ1) is 15.6. The lowest BCUT2D eigenvalue weighted by Gasteiger charge is -2.17. The minimum absolute atomic E-state index is 0.0220. The summed E-state index contributed by atoms with van der Waals surface area (Å²) in [5.74, 6) is 1.57. The molecule has 0 bridgehead atoms. The van der Waals surface area contributed by atoms with Gasteiger partial charge in [-0.05, 0) is 60.3 Å². The number of hydrogen-bond acceptors (Lipinski definition) is 4. The average Bonchev–Trinajstić information content (AvgIpc) is 3.45. The van der Waals surface area contributed by atoms with Gasteiger partial charge in [0.1, 0.15) is 5.82 Å². The standard InChI is InChI=1S/C26H33N5O2/c1-15(27)22-10-21(23-11-26(3,4)14-31(22)23)17-5-6-28-24(9-17)29-25(33)18-7-19-12-30(16(2)32)13-20(19)8-18/h5-6,9-10,18-20H,1,7-8,11-14,27H2,2-4H3,(H,28,29,33)/t18-,19-,20+. The van der Waals surface area contributed by atoms with E-state index in [4.69, 9.17) is 5.73 Å². The number of hydrogen-bond donors (Lipinski definition) is 2. The van der Waals surface area contributed by atoms with Crippen LogP contribution >= 0.6 is 0 Å². The zero-order valence-corrected chi connectivity index (χ0v) is 19.7. The number of nitrogens with zero attached hydrogens (tertiary/aromatic N) is 3. The fourth-order valence-electron chi connectivity index (χ4n) is 6.08. The minimum atomic E-state index is -0.0220. The normalized spacial score (nSPS) is 25.1. The molecule has 2 aromatic heterocycles. The van der Waals surface area contributed by atoms with Crippen molar-refractivity contribution in [1.29, 1.82) is 0 Å². The first-order valence-electron chi connectivity index (χ1n) is 11.8. The molecule has 1 saturated heterocycles. The largest absolute Gasteiger partial charge is 0.398 e. The van der Waals surface area contributed by atoms with Crippen LogP contribution in [-0.2, 0) is 22.6 Å². The molecule has 0 aromatic carbocycles.